The maximum absolute atomic E-state index is 14.1. The zero-order chi connectivity index (χ0) is 24.4. The van der Waals surface area contributed by atoms with Crippen LogP contribution in [0.15, 0.2) is 27.6 Å². The normalized spacial score (nSPS) is 17.0. The van der Waals surface area contributed by atoms with Crippen molar-refractivity contribution in [3.05, 3.63) is 29.9 Å². The van der Waals surface area contributed by atoms with Gasteiger partial charge in [0.25, 0.3) is 5.89 Å². The number of aromatic nitrogens is 2. The van der Waals surface area contributed by atoms with Crippen LogP contribution in [0.4, 0.5) is 9.18 Å². The number of ether oxygens (including phenoxy) is 2. The third-order valence-corrected chi connectivity index (χ3v) is 5.62. The minimum atomic E-state index is -4.17. The molecule has 1 aromatic heterocycles. The van der Waals surface area contributed by atoms with E-state index in [1.165, 1.54) is 11.1 Å². The van der Waals surface area contributed by atoms with Crippen molar-refractivity contribution in [2.75, 3.05) is 13.1 Å². The van der Waals surface area contributed by atoms with Crippen LogP contribution >= 0.6 is 0 Å². The molecule has 182 valence electrons. The Morgan fingerprint density at radius 2 is 1.97 bits per heavy atom. The zero-order valence-corrected chi connectivity index (χ0v) is 19.6. The molecule has 1 aliphatic rings. The molecule has 0 spiro atoms. The summed E-state index contributed by atoms with van der Waals surface area (Å²) in [4.78, 5) is 20.6. The van der Waals surface area contributed by atoms with E-state index in [0.29, 0.717) is 25.9 Å². The summed E-state index contributed by atoms with van der Waals surface area (Å²) in [6, 6.07) is 3.35. The number of halogens is 1. The Bertz CT molecular complexity index is 1090. The fraction of sp³-hybridized carbons (Fsp3) is 0.550. The van der Waals surface area contributed by atoms with Crippen LogP contribution in [0.1, 0.15) is 52.5 Å². The van der Waals surface area contributed by atoms with Crippen molar-refractivity contribution in [2.45, 2.75) is 63.2 Å². The molecule has 0 bridgehead atoms. The number of carbonyl (C=O) groups excluding carboxylic acids is 1. The van der Waals surface area contributed by atoms with Gasteiger partial charge in [-0.05, 0) is 58.7 Å². The maximum Gasteiger partial charge on any atom is 0.528 e. The molecule has 0 radical (unpaired) electrons. The average molecular weight is 487 g/mol. The first-order valence-corrected chi connectivity index (χ1v) is 11.8. The summed E-state index contributed by atoms with van der Waals surface area (Å²) in [5.74, 6) is -0.736. The van der Waals surface area contributed by atoms with Gasteiger partial charge < -0.3 is 18.8 Å². The number of benzene rings is 1. The highest BCUT2D eigenvalue weighted by molar-refractivity contribution is 7.89. The second-order valence-corrected chi connectivity index (χ2v) is 10.1. The van der Waals surface area contributed by atoms with E-state index in [2.05, 4.69) is 10.1 Å². The van der Waals surface area contributed by atoms with Crippen molar-refractivity contribution in [1.82, 2.24) is 15.2 Å². The highest BCUT2D eigenvalue weighted by Crippen LogP contribution is 2.26. The lowest BCUT2D eigenvalue weighted by Gasteiger charge is -2.31. The second kappa shape index (κ2) is 9.71. The molecule has 2 aromatic rings. The van der Waals surface area contributed by atoms with Crippen molar-refractivity contribution in [1.29, 1.82) is 0 Å². The number of hydrogen-bond donors (Lipinski definition) is 1. The van der Waals surface area contributed by atoms with Crippen LogP contribution in [0.25, 0.3) is 11.4 Å². The number of sulfonamides is 1. The molecule has 3 rings (SSSR count). The summed E-state index contributed by atoms with van der Waals surface area (Å²) in [6.45, 7) is 7.96. The van der Waals surface area contributed by atoms with Gasteiger partial charge in [-0.2, -0.15) is 4.98 Å². The second-order valence-electron chi connectivity index (χ2n) is 8.61. The van der Waals surface area contributed by atoms with Crippen LogP contribution < -0.4 is 5.14 Å². The van der Waals surface area contributed by atoms with Crippen LogP contribution in [-0.4, -0.2) is 54.6 Å². The first-order valence-electron chi connectivity index (χ1n) is 10.3. The molecule has 2 N–H and O–H groups in total. The molecule has 13 heteroatoms. The van der Waals surface area contributed by atoms with Gasteiger partial charge in [0, 0.05) is 18.7 Å². The number of primary sulfonamides is 1. The average Bonchev–Trinajstić information content (AvgIpc) is 3.17. The molecular formula is C20H27FN4O7S. The van der Waals surface area contributed by atoms with Crippen LogP contribution in [0.2, 0.25) is 0 Å². The Labute approximate surface area is 191 Å². The van der Waals surface area contributed by atoms with Crippen molar-refractivity contribution in [2.24, 2.45) is 5.14 Å². The first kappa shape index (κ1) is 25.0. The summed E-state index contributed by atoms with van der Waals surface area (Å²) < 4.78 is 53.1. The minimum absolute atomic E-state index is 0.0842. The fourth-order valence-electron chi connectivity index (χ4n) is 3.17. The largest absolute Gasteiger partial charge is 0.528 e. The van der Waals surface area contributed by atoms with Gasteiger partial charge in [0.1, 0.15) is 22.4 Å². The van der Waals surface area contributed by atoms with Gasteiger partial charge in [0.15, 0.2) is 0 Å². The van der Waals surface area contributed by atoms with Crippen LogP contribution in [0, 0.1) is 5.82 Å². The van der Waals surface area contributed by atoms with E-state index in [4.69, 9.17) is 24.0 Å². The van der Waals surface area contributed by atoms with E-state index in [-0.39, 0.29) is 23.4 Å². The molecule has 2 heterocycles. The molecule has 1 atom stereocenters. The predicted molar refractivity (Wildman–Crippen MR) is 112 cm³/mol. The van der Waals surface area contributed by atoms with Gasteiger partial charge in [-0.3, -0.25) is 0 Å². The van der Waals surface area contributed by atoms with Gasteiger partial charge in [0.2, 0.25) is 15.8 Å². The summed E-state index contributed by atoms with van der Waals surface area (Å²) in [5.41, 5.74) is -0.401. The van der Waals surface area contributed by atoms with E-state index < -0.39 is 38.6 Å². The predicted octanol–water partition coefficient (Wildman–Crippen LogP) is 2.93. The van der Waals surface area contributed by atoms with E-state index in [9.17, 15) is 17.6 Å². The minimum Gasteiger partial charge on any atom is -0.427 e. The Hall–Kier alpha value is -2.61. The molecular weight excluding hydrogens is 459 g/mol. The van der Waals surface area contributed by atoms with Crippen LogP contribution in [-0.2, 0) is 24.3 Å². The topological polar surface area (TPSA) is 147 Å². The van der Waals surface area contributed by atoms with Gasteiger partial charge >= 0.3 is 6.16 Å². The number of carbonyl (C=O) groups is 1. The number of rotatable bonds is 6. The third-order valence-electron chi connectivity index (χ3n) is 4.68. The van der Waals surface area contributed by atoms with Gasteiger partial charge in [-0.15, -0.1) is 5.06 Å². The molecule has 0 amide bonds. The lowest BCUT2D eigenvalue weighted by molar-refractivity contribution is -0.169. The van der Waals surface area contributed by atoms with Crippen molar-refractivity contribution in [3.8, 4) is 11.4 Å². The molecule has 0 saturated carbocycles. The smallest absolute Gasteiger partial charge is 0.427 e. The Morgan fingerprint density at radius 3 is 2.55 bits per heavy atom. The van der Waals surface area contributed by atoms with E-state index in [1.807, 2.05) is 0 Å². The number of hydroxylamine groups is 2. The summed E-state index contributed by atoms with van der Waals surface area (Å²) in [6.07, 6.45) is -0.200. The van der Waals surface area contributed by atoms with E-state index >= 15 is 0 Å². The lowest BCUT2D eigenvalue weighted by Crippen LogP contribution is -2.40. The molecule has 1 aliphatic heterocycles. The molecule has 1 fully saturated rings. The maximum atomic E-state index is 14.1. The van der Waals surface area contributed by atoms with Crippen LogP contribution in [0.3, 0.4) is 0 Å². The van der Waals surface area contributed by atoms with Gasteiger partial charge in [0.05, 0.1) is 6.10 Å². The van der Waals surface area contributed by atoms with Crippen molar-refractivity contribution in [3.63, 3.8) is 0 Å². The summed E-state index contributed by atoms with van der Waals surface area (Å²) in [7, 11) is -4.17. The standard InChI is InChI=1S/C20H27FN4O7S/c1-12(29-14-7-9-25(10-8-14)32-19(26)30-20(2,3)4)18-23-17(24-31-18)13-5-6-16(15(21)11-13)33(22,27)28/h5-6,11-12,14H,7-10H2,1-4H3,(H2,22,27,28)/t12-/m1/s1. The van der Waals surface area contributed by atoms with Crippen molar-refractivity contribution >= 4 is 16.2 Å². The Kier molecular flexibility index (Phi) is 7.36. The number of hydrogen-bond acceptors (Lipinski definition) is 10. The summed E-state index contributed by atoms with van der Waals surface area (Å²) >= 11 is 0. The van der Waals surface area contributed by atoms with E-state index in [1.54, 1.807) is 27.7 Å². The Balaban J connectivity index is 1.54. The number of nitrogens with zero attached hydrogens (tertiary/aromatic N) is 3. The molecule has 0 aliphatic carbocycles. The van der Waals surface area contributed by atoms with Gasteiger partial charge in [-0.25, -0.2) is 22.7 Å². The lowest BCUT2D eigenvalue weighted by atomic mass is 10.1. The molecule has 11 nitrogen and oxygen atoms in total. The SMILES string of the molecule is C[C@@H](OC1CCN(OC(=O)OC(C)(C)C)CC1)c1nc(-c2ccc(S(N)(=O)=O)c(F)c2)no1. The quantitative estimate of drug-likeness (QED) is 0.604. The highest BCUT2D eigenvalue weighted by Gasteiger charge is 2.28. The van der Waals surface area contributed by atoms with Crippen LogP contribution in [0.5, 0.6) is 0 Å². The number of nitrogens with two attached hydrogens (primary N) is 1. The molecule has 1 aromatic carbocycles. The number of piperidine rings is 1. The van der Waals surface area contributed by atoms with Gasteiger partial charge in [-0.1, -0.05) is 5.16 Å². The monoisotopic (exact) mass is 486 g/mol. The zero-order valence-electron chi connectivity index (χ0n) is 18.8. The molecule has 1 saturated heterocycles. The molecule has 33 heavy (non-hydrogen) atoms. The summed E-state index contributed by atoms with van der Waals surface area (Å²) in [5, 5.41) is 10.3. The fourth-order valence-corrected chi connectivity index (χ4v) is 3.76. The highest BCUT2D eigenvalue weighted by atomic mass is 32.2. The van der Waals surface area contributed by atoms with Crippen molar-refractivity contribution < 1.29 is 36.4 Å². The third kappa shape index (κ3) is 6.93. The molecule has 0 unspecified atom stereocenters. The first-order chi connectivity index (χ1) is 15.3. The Morgan fingerprint density at radius 1 is 1.30 bits per heavy atom. The van der Waals surface area contributed by atoms with E-state index in [0.717, 1.165) is 12.1 Å².